The first-order valence-corrected chi connectivity index (χ1v) is 6.51. The summed E-state index contributed by atoms with van der Waals surface area (Å²) in [5, 5.41) is 8.96. The molecule has 2 rings (SSSR count). The Bertz CT molecular complexity index is 481. The number of aliphatic carboxylic acids is 1. The number of benzene rings is 1. The minimum Gasteiger partial charge on any atom is -0.496 e. The molecule has 0 amide bonds. The molecule has 1 aliphatic rings. The zero-order valence-electron chi connectivity index (χ0n) is 11.0. The van der Waals surface area contributed by atoms with Crippen molar-refractivity contribution in [2.75, 3.05) is 7.11 Å². The summed E-state index contributed by atoms with van der Waals surface area (Å²) in [6.45, 7) is 0. The second-order valence-corrected chi connectivity index (χ2v) is 5.04. The third-order valence-corrected chi connectivity index (χ3v) is 3.77. The van der Waals surface area contributed by atoms with Gasteiger partial charge in [-0.1, -0.05) is 12.1 Å². The molecular weight excluding hydrogens is 244 g/mol. The van der Waals surface area contributed by atoms with Crippen LogP contribution in [-0.4, -0.2) is 24.0 Å². The van der Waals surface area contributed by atoms with E-state index in [1.54, 1.807) is 19.2 Å². The summed E-state index contributed by atoms with van der Waals surface area (Å²) in [6, 6.07) is 7.16. The van der Waals surface area contributed by atoms with Gasteiger partial charge in [-0.15, -0.1) is 0 Å². The molecule has 1 saturated carbocycles. The summed E-state index contributed by atoms with van der Waals surface area (Å²) in [5.74, 6) is -0.227. The van der Waals surface area contributed by atoms with Crippen molar-refractivity contribution in [1.29, 1.82) is 0 Å². The maximum Gasteiger partial charge on any atom is 0.306 e. The maximum absolute atomic E-state index is 12.2. The Morgan fingerprint density at radius 2 is 2.05 bits per heavy atom. The van der Waals surface area contributed by atoms with Crippen molar-refractivity contribution in [3.8, 4) is 5.75 Å². The first-order chi connectivity index (χ1) is 9.11. The van der Waals surface area contributed by atoms with Crippen LogP contribution >= 0.6 is 0 Å². The lowest BCUT2D eigenvalue weighted by Gasteiger charge is -2.11. The van der Waals surface area contributed by atoms with Crippen LogP contribution in [0.15, 0.2) is 24.3 Å². The Morgan fingerprint density at radius 1 is 1.32 bits per heavy atom. The lowest BCUT2D eigenvalue weighted by atomic mass is 9.95. The maximum atomic E-state index is 12.2. The van der Waals surface area contributed by atoms with Crippen LogP contribution in [0, 0.1) is 11.8 Å². The molecule has 19 heavy (non-hydrogen) atoms. The van der Waals surface area contributed by atoms with E-state index in [4.69, 9.17) is 9.84 Å². The highest BCUT2D eigenvalue weighted by molar-refractivity contribution is 5.98. The van der Waals surface area contributed by atoms with Gasteiger partial charge >= 0.3 is 5.97 Å². The van der Waals surface area contributed by atoms with E-state index < -0.39 is 5.97 Å². The fourth-order valence-corrected chi connectivity index (χ4v) is 2.73. The topological polar surface area (TPSA) is 63.6 Å². The van der Waals surface area contributed by atoms with Crippen molar-refractivity contribution in [3.63, 3.8) is 0 Å². The van der Waals surface area contributed by atoms with Gasteiger partial charge in [-0.3, -0.25) is 9.59 Å². The van der Waals surface area contributed by atoms with Gasteiger partial charge in [0.1, 0.15) is 5.75 Å². The zero-order valence-corrected chi connectivity index (χ0v) is 11.0. The molecule has 1 aliphatic carbocycles. The largest absolute Gasteiger partial charge is 0.496 e. The summed E-state index contributed by atoms with van der Waals surface area (Å²) in [6.07, 6.45) is 2.51. The number of rotatable bonds is 5. The number of hydrogen-bond acceptors (Lipinski definition) is 3. The Labute approximate surface area is 112 Å². The molecule has 1 aromatic carbocycles. The number of para-hydroxylation sites is 1. The SMILES string of the molecule is COc1ccccc1C(=O)C[C@@H]1CC[C@H](C(=O)O)C1. The normalized spacial score (nSPS) is 22.2. The molecule has 0 aromatic heterocycles. The Hall–Kier alpha value is -1.84. The van der Waals surface area contributed by atoms with Gasteiger partial charge in [0.25, 0.3) is 0 Å². The monoisotopic (exact) mass is 262 g/mol. The van der Waals surface area contributed by atoms with Crippen molar-refractivity contribution in [2.45, 2.75) is 25.7 Å². The lowest BCUT2D eigenvalue weighted by molar-refractivity contribution is -0.141. The van der Waals surface area contributed by atoms with Gasteiger partial charge in [-0.2, -0.15) is 0 Å². The van der Waals surface area contributed by atoms with Crippen molar-refractivity contribution in [1.82, 2.24) is 0 Å². The van der Waals surface area contributed by atoms with E-state index in [0.717, 1.165) is 6.42 Å². The highest BCUT2D eigenvalue weighted by Crippen LogP contribution is 2.34. The van der Waals surface area contributed by atoms with E-state index in [1.165, 1.54) is 0 Å². The van der Waals surface area contributed by atoms with Crippen LogP contribution in [0.1, 0.15) is 36.0 Å². The molecule has 2 atom stereocenters. The number of Topliss-reactive ketones (excluding diaryl/α,β-unsaturated/α-hetero) is 1. The van der Waals surface area contributed by atoms with Crippen molar-refractivity contribution < 1.29 is 19.4 Å². The van der Waals surface area contributed by atoms with Gasteiger partial charge in [0, 0.05) is 6.42 Å². The molecule has 0 heterocycles. The first-order valence-electron chi connectivity index (χ1n) is 6.51. The molecular formula is C15H18O4. The molecule has 1 aromatic rings. The fourth-order valence-electron chi connectivity index (χ4n) is 2.73. The molecule has 1 N–H and O–H groups in total. The number of carboxylic acids is 1. The quantitative estimate of drug-likeness (QED) is 0.829. The molecule has 4 heteroatoms. The summed E-state index contributed by atoms with van der Waals surface area (Å²) < 4.78 is 5.18. The van der Waals surface area contributed by atoms with Crippen LogP contribution in [0.25, 0.3) is 0 Å². The molecule has 1 fully saturated rings. The van der Waals surface area contributed by atoms with Crippen LogP contribution in [-0.2, 0) is 4.79 Å². The number of carbonyl (C=O) groups excluding carboxylic acids is 1. The molecule has 0 bridgehead atoms. The Balaban J connectivity index is 2.00. The summed E-state index contributed by atoms with van der Waals surface area (Å²) in [4.78, 5) is 23.1. The van der Waals surface area contributed by atoms with Crippen LogP contribution < -0.4 is 4.74 Å². The fraction of sp³-hybridized carbons (Fsp3) is 0.467. The van der Waals surface area contributed by atoms with E-state index in [0.29, 0.717) is 30.6 Å². The zero-order chi connectivity index (χ0) is 13.8. The molecule has 0 unspecified atom stereocenters. The second kappa shape index (κ2) is 5.87. The summed E-state index contributed by atoms with van der Waals surface area (Å²) in [5.41, 5.74) is 0.587. The van der Waals surface area contributed by atoms with Crippen LogP contribution in [0.5, 0.6) is 5.75 Å². The van der Waals surface area contributed by atoms with E-state index >= 15 is 0 Å². The van der Waals surface area contributed by atoms with E-state index in [9.17, 15) is 9.59 Å². The van der Waals surface area contributed by atoms with Gasteiger partial charge < -0.3 is 9.84 Å². The average molecular weight is 262 g/mol. The van der Waals surface area contributed by atoms with Crippen LogP contribution in [0.2, 0.25) is 0 Å². The van der Waals surface area contributed by atoms with Gasteiger partial charge in [0.15, 0.2) is 5.78 Å². The minimum absolute atomic E-state index is 0.0356. The van der Waals surface area contributed by atoms with Crippen molar-refractivity contribution in [3.05, 3.63) is 29.8 Å². The van der Waals surface area contributed by atoms with E-state index in [1.807, 2.05) is 12.1 Å². The van der Waals surface area contributed by atoms with Crippen molar-refractivity contribution in [2.24, 2.45) is 11.8 Å². The van der Waals surface area contributed by atoms with Crippen LogP contribution in [0.4, 0.5) is 0 Å². The van der Waals surface area contributed by atoms with Gasteiger partial charge in [-0.05, 0) is 37.3 Å². The minimum atomic E-state index is -0.743. The molecule has 4 nitrogen and oxygen atoms in total. The number of ether oxygens (including phenoxy) is 1. The van der Waals surface area contributed by atoms with Crippen LogP contribution in [0.3, 0.4) is 0 Å². The third kappa shape index (κ3) is 3.13. The molecule has 0 spiro atoms. The van der Waals surface area contributed by atoms with E-state index in [2.05, 4.69) is 0 Å². The summed E-state index contributed by atoms with van der Waals surface area (Å²) in [7, 11) is 1.54. The van der Waals surface area contributed by atoms with Gasteiger partial charge in [0.05, 0.1) is 18.6 Å². The number of hydrogen-bond donors (Lipinski definition) is 1. The predicted octanol–water partition coefficient (Wildman–Crippen LogP) is 2.77. The number of carboxylic acid groups (broad SMARTS) is 1. The molecule has 0 aliphatic heterocycles. The molecule has 102 valence electrons. The smallest absolute Gasteiger partial charge is 0.306 e. The Kier molecular flexibility index (Phi) is 4.20. The standard InChI is InChI=1S/C15H18O4/c1-19-14-5-3-2-4-12(14)13(16)9-10-6-7-11(8-10)15(17)18/h2-5,10-11H,6-9H2,1H3,(H,17,18)/t10-,11+/m1/s1. The summed E-state index contributed by atoms with van der Waals surface area (Å²) >= 11 is 0. The number of carbonyl (C=O) groups is 2. The highest BCUT2D eigenvalue weighted by atomic mass is 16.5. The lowest BCUT2D eigenvalue weighted by Crippen LogP contribution is -2.11. The van der Waals surface area contributed by atoms with Gasteiger partial charge in [-0.25, -0.2) is 0 Å². The average Bonchev–Trinajstić information content (AvgIpc) is 2.87. The highest BCUT2D eigenvalue weighted by Gasteiger charge is 2.31. The first kappa shape index (κ1) is 13.6. The van der Waals surface area contributed by atoms with Gasteiger partial charge in [0.2, 0.25) is 0 Å². The second-order valence-electron chi connectivity index (χ2n) is 5.04. The Morgan fingerprint density at radius 3 is 2.68 bits per heavy atom. The predicted molar refractivity (Wildman–Crippen MR) is 70.4 cm³/mol. The number of ketones is 1. The van der Waals surface area contributed by atoms with E-state index in [-0.39, 0.29) is 17.6 Å². The molecule has 0 radical (unpaired) electrons. The van der Waals surface area contributed by atoms with Crippen molar-refractivity contribution >= 4 is 11.8 Å². The number of methoxy groups -OCH3 is 1. The molecule has 0 saturated heterocycles. The third-order valence-electron chi connectivity index (χ3n) is 3.77.